The highest BCUT2D eigenvalue weighted by Crippen LogP contribution is 2.36. The van der Waals surface area contributed by atoms with Crippen molar-refractivity contribution in [3.05, 3.63) is 28.2 Å². The van der Waals surface area contributed by atoms with Crippen LogP contribution in [0.2, 0.25) is 0 Å². The molecule has 1 aliphatic heterocycles. The fourth-order valence-corrected chi connectivity index (χ4v) is 3.18. The number of halogens is 1. The van der Waals surface area contributed by atoms with E-state index >= 15 is 0 Å². The third-order valence-corrected chi connectivity index (χ3v) is 4.44. The van der Waals surface area contributed by atoms with E-state index < -0.39 is 0 Å². The molecule has 1 aromatic rings. The van der Waals surface area contributed by atoms with Gasteiger partial charge < -0.3 is 15.8 Å². The van der Waals surface area contributed by atoms with E-state index in [2.05, 4.69) is 60.2 Å². The fraction of sp³-hybridized carbons (Fsp3) is 0.600. The highest BCUT2D eigenvalue weighted by Gasteiger charge is 2.40. The number of benzene rings is 1. The number of aryl methyl sites for hydroxylation is 1. The zero-order valence-corrected chi connectivity index (χ0v) is 13.5. The summed E-state index contributed by atoms with van der Waals surface area (Å²) in [6.45, 7) is 7.72. The molecule has 0 spiro atoms. The second-order valence-electron chi connectivity index (χ2n) is 6.13. The Hall–Kier alpha value is -0.580. The number of ether oxygens (including phenoxy) is 1. The summed E-state index contributed by atoms with van der Waals surface area (Å²) in [5.74, 6) is 0. The van der Waals surface area contributed by atoms with Gasteiger partial charge in [-0.2, -0.15) is 0 Å². The smallest absolute Gasteiger partial charge is 0.0649 e. The molecule has 3 N–H and O–H groups in total. The molecule has 0 saturated carbocycles. The van der Waals surface area contributed by atoms with E-state index in [0.29, 0.717) is 6.54 Å². The van der Waals surface area contributed by atoms with Crippen molar-refractivity contribution in [1.29, 1.82) is 0 Å². The first-order chi connectivity index (χ1) is 8.86. The predicted molar refractivity (Wildman–Crippen MR) is 83.6 cm³/mol. The maximum Gasteiger partial charge on any atom is 0.0649 e. The van der Waals surface area contributed by atoms with Crippen molar-refractivity contribution in [2.45, 2.75) is 44.8 Å². The van der Waals surface area contributed by atoms with Crippen LogP contribution in [-0.2, 0) is 4.74 Å². The molecule has 0 aromatic heterocycles. The summed E-state index contributed by atoms with van der Waals surface area (Å²) in [4.78, 5) is 0. The van der Waals surface area contributed by atoms with Gasteiger partial charge in [0.25, 0.3) is 0 Å². The Kier molecular flexibility index (Phi) is 4.23. The van der Waals surface area contributed by atoms with E-state index in [4.69, 9.17) is 10.5 Å². The molecule has 1 atom stereocenters. The Morgan fingerprint density at radius 1 is 1.42 bits per heavy atom. The number of nitrogens with two attached hydrogens (primary N) is 1. The minimum atomic E-state index is -0.124. The van der Waals surface area contributed by atoms with Crippen molar-refractivity contribution in [1.82, 2.24) is 0 Å². The average Bonchev–Trinajstić information content (AvgIpc) is 2.33. The minimum absolute atomic E-state index is 0.0853. The Morgan fingerprint density at radius 3 is 2.79 bits per heavy atom. The summed E-state index contributed by atoms with van der Waals surface area (Å²) in [7, 11) is 0. The monoisotopic (exact) mass is 326 g/mol. The predicted octanol–water partition coefficient (Wildman–Crippen LogP) is 3.46. The third kappa shape index (κ3) is 3.50. The maximum absolute atomic E-state index is 6.06. The second-order valence-corrected chi connectivity index (χ2v) is 6.98. The molecule has 3 nitrogen and oxygen atoms in total. The first-order valence-corrected chi connectivity index (χ1v) is 7.54. The van der Waals surface area contributed by atoms with Gasteiger partial charge in [0, 0.05) is 29.7 Å². The molecule has 0 amide bonds. The molecule has 1 heterocycles. The Bertz CT molecular complexity index is 461. The quantitative estimate of drug-likeness (QED) is 0.894. The molecule has 0 radical (unpaired) electrons. The van der Waals surface area contributed by atoms with E-state index in [1.54, 1.807) is 0 Å². The van der Waals surface area contributed by atoms with Crippen LogP contribution in [0.15, 0.2) is 22.7 Å². The van der Waals surface area contributed by atoms with E-state index in [-0.39, 0.29) is 11.1 Å². The van der Waals surface area contributed by atoms with Crippen molar-refractivity contribution >= 4 is 21.6 Å². The van der Waals surface area contributed by atoms with E-state index in [1.165, 1.54) is 5.56 Å². The summed E-state index contributed by atoms with van der Waals surface area (Å²) in [6, 6.07) is 6.33. The first kappa shape index (κ1) is 14.8. The zero-order valence-electron chi connectivity index (χ0n) is 11.9. The Morgan fingerprint density at radius 2 is 2.16 bits per heavy atom. The molecule has 0 bridgehead atoms. The molecule has 1 saturated heterocycles. The molecule has 106 valence electrons. The first-order valence-electron chi connectivity index (χ1n) is 6.74. The normalized spacial score (nSPS) is 26.2. The van der Waals surface area contributed by atoms with Crippen LogP contribution in [0.3, 0.4) is 0 Å². The van der Waals surface area contributed by atoms with Gasteiger partial charge in [-0.15, -0.1) is 0 Å². The highest BCUT2D eigenvalue weighted by atomic mass is 79.9. The van der Waals surface area contributed by atoms with Crippen LogP contribution in [0.1, 0.15) is 32.3 Å². The molecular weight excluding hydrogens is 304 g/mol. The average molecular weight is 327 g/mol. The molecule has 4 heteroatoms. The zero-order chi connectivity index (χ0) is 14.1. The Labute approximate surface area is 124 Å². The van der Waals surface area contributed by atoms with Crippen molar-refractivity contribution in [3.63, 3.8) is 0 Å². The van der Waals surface area contributed by atoms with Gasteiger partial charge in [-0.1, -0.05) is 6.07 Å². The largest absolute Gasteiger partial charge is 0.377 e. The van der Waals surface area contributed by atoms with Crippen LogP contribution < -0.4 is 11.1 Å². The van der Waals surface area contributed by atoms with Crippen molar-refractivity contribution in [2.24, 2.45) is 5.73 Å². The SMILES string of the molecule is Cc1ccc(Br)c(NC2(CN)CCOC(C)(C)C2)c1. The number of anilines is 1. The van der Waals surface area contributed by atoms with Crippen LogP contribution in [0, 0.1) is 6.92 Å². The summed E-state index contributed by atoms with van der Waals surface area (Å²) in [6.07, 6.45) is 1.85. The fourth-order valence-electron chi connectivity index (χ4n) is 2.83. The topological polar surface area (TPSA) is 47.3 Å². The van der Waals surface area contributed by atoms with Crippen LogP contribution in [0.4, 0.5) is 5.69 Å². The number of hydrogen-bond acceptors (Lipinski definition) is 3. The van der Waals surface area contributed by atoms with Gasteiger partial charge in [-0.25, -0.2) is 0 Å². The van der Waals surface area contributed by atoms with Gasteiger partial charge in [-0.3, -0.25) is 0 Å². The molecule has 0 aliphatic carbocycles. The standard InChI is InChI=1S/C15H23BrN2O/c1-11-4-5-12(16)13(8-11)18-15(10-17)6-7-19-14(2,3)9-15/h4-5,8,18H,6-7,9-10,17H2,1-3H3. The van der Waals surface area contributed by atoms with Crippen LogP contribution in [-0.4, -0.2) is 24.3 Å². The molecule has 1 unspecified atom stereocenters. The lowest BCUT2D eigenvalue weighted by atomic mass is 9.81. The van der Waals surface area contributed by atoms with Crippen molar-refractivity contribution in [3.8, 4) is 0 Å². The van der Waals surface area contributed by atoms with Gasteiger partial charge in [-0.05, 0) is 60.8 Å². The Balaban J connectivity index is 2.25. The number of rotatable bonds is 3. The molecule has 1 aliphatic rings. The van der Waals surface area contributed by atoms with Gasteiger partial charge >= 0.3 is 0 Å². The van der Waals surface area contributed by atoms with Crippen LogP contribution in [0.5, 0.6) is 0 Å². The molecule has 1 aromatic carbocycles. The molecule has 19 heavy (non-hydrogen) atoms. The van der Waals surface area contributed by atoms with Crippen LogP contribution in [0.25, 0.3) is 0 Å². The summed E-state index contributed by atoms with van der Waals surface area (Å²) >= 11 is 3.60. The van der Waals surface area contributed by atoms with Gasteiger partial charge in [0.15, 0.2) is 0 Å². The summed E-state index contributed by atoms with van der Waals surface area (Å²) in [5.41, 5.74) is 8.21. The number of hydrogen-bond donors (Lipinski definition) is 2. The lowest BCUT2D eigenvalue weighted by Crippen LogP contribution is -2.55. The highest BCUT2D eigenvalue weighted by molar-refractivity contribution is 9.10. The van der Waals surface area contributed by atoms with Gasteiger partial charge in [0.2, 0.25) is 0 Å². The third-order valence-electron chi connectivity index (χ3n) is 3.75. The lowest BCUT2D eigenvalue weighted by Gasteiger charge is -2.45. The number of nitrogens with one attached hydrogen (secondary N) is 1. The van der Waals surface area contributed by atoms with Crippen molar-refractivity contribution in [2.75, 3.05) is 18.5 Å². The minimum Gasteiger partial charge on any atom is -0.377 e. The van der Waals surface area contributed by atoms with E-state index in [1.807, 2.05) is 0 Å². The van der Waals surface area contributed by atoms with Gasteiger partial charge in [0.05, 0.1) is 11.1 Å². The van der Waals surface area contributed by atoms with E-state index in [0.717, 1.165) is 29.6 Å². The summed E-state index contributed by atoms with van der Waals surface area (Å²) < 4.78 is 6.89. The second kappa shape index (κ2) is 5.43. The molecular formula is C15H23BrN2O. The lowest BCUT2D eigenvalue weighted by molar-refractivity contribution is -0.0736. The molecule has 2 rings (SSSR count). The van der Waals surface area contributed by atoms with Gasteiger partial charge in [0.1, 0.15) is 0 Å². The van der Waals surface area contributed by atoms with Crippen molar-refractivity contribution < 1.29 is 4.74 Å². The van der Waals surface area contributed by atoms with E-state index in [9.17, 15) is 0 Å². The van der Waals surface area contributed by atoms with Crippen LogP contribution >= 0.6 is 15.9 Å². The summed E-state index contributed by atoms with van der Waals surface area (Å²) in [5, 5.41) is 3.66. The molecule has 1 fully saturated rings. The maximum atomic E-state index is 6.06.